The molecule has 0 fully saturated rings. The number of amides is 3. The molecule has 0 spiro atoms. The first-order valence-corrected chi connectivity index (χ1v) is 11.8. The van der Waals surface area contributed by atoms with Gasteiger partial charge in [0.05, 0.1) is 22.4 Å². The van der Waals surface area contributed by atoms with Gasteiger partial charge in [0.15, 0.2) is 5.65 Å². The van der Waals surface area contributed by atoms with E-state index in [-0.39, 0.29) is 18.1 Å². The van der Waals surface area contributed by atoms with Crippen LogP contribution in [0.3, 0.4) is 0 Å². The predicted octanol–water partition coefficient (Wildman–Crippen LogP) is 2.23. The number of imide groups is 1. The van der Waals surface area contributed by atoms with Crippen molar-refractivity contribution < 1.29 is 23.9 Å². The molecule has 3 amide bonds. The zero-order chi connectivity index (χ0) is 27.7. The van der Waals surface area contributed by atoms with Crippen LogP contribution in [-0.4, -0.2) is 58.1 Å². The predicted molar refractivity (Wildman–Crippen MR) is 137 cm³/mol. The standard InChI is InChI=1S/C26H22N8O5/c1-15(35)30-33(16(2)36)26(38)25-29-28-24-23(27-20-11-7-8-12-22(20)32(24)25)21-13-19(14-39-17(3)37)34(31-21)18-9-5-4-6-10-18/h4-13H,14H2,1-3H3,(H,30,35). The Labute approximate surface area is 221 Å². The third-order valence-corrected chi connectivity index (χ3v) is 5.66. The summed E-state index contributed by atoms with van der Waals surface area (Å²) in [6.45, 7) is 3.60. The molecule has 0 saturated carbocycles. The first-order chi connectivity index (χ1) is 18.7. The maximum absolute atomic E-state index is 13.4. The molecule has 0 bridgehead atoms. The first kappa shape index (κ1) is 25.2. The normalized spacial score (nSPS) is 10.9. The molecule has 2 aromatic carbocycles. The minimum Gasteiger partial charge on any atom is -0.459 e. The number of fused-ring (bicyclic) bond motifs is 3. The van der Waals surface area contributed by atoms with Crippen LogP contribution in [0.4, 0.5) is 0 Å². The van der Waals surface area contributed by atoms with Gasteiger partial charge < -0.3 is 4.74 Å². The minimum atomic E-state index is -0.877. The lowest BCUT2D eigenvalue weighted by Crippen LogP contribution is -2.48. The second-order valence-electron chi connectivity index (χ2n) is 8.51. The van der Waals surface area contributed by atoms with E-state index in [0.29, 0.717) is 33.1 Å². The van der Waals surface area contributed by atoms with E-state index in [1.807, 2.05) is 30.3 Å². The van der Waals surface area contributed by atoms with Gasteiger partial charge in [-0.1, -0.05) is 30.3 Å². The van der Waals surface area contributed by atoms with E-state index in [1.165, 1.54) is 18.2 Å². The average molecular weight is 527 g/mol. The van der Waals surface area contributed by atoms with Crippen molar-refractivity contribution in [2.24, 2.45) is 0 Å². The van der Waals surface area contributed by atoms with Crippen molar-refractivity contribution in [3.05, 3.63) is 72.2 Å². The van der Waals surface area contributed by atoms with E-state index in [0.717, 1.165) is 12.6 Å². The lowest BCUT2D eigenvalue weighted by molar-refractivity contribution is -0.142. The van der Waals surface area contributed by atoms with Crippen LogP contribution in [0.1, 0.15) is 37.1 Å². The fourth-order valence-corrected chi connectivity index (χ4v) is 4.03. The Hall–Kier alpha value is -5.46. The molecule has 0 aliphatic heterocycles. The van der Waals surface area contributed by atoms with Gasteiger partial charge in [-0.05, 0) is 30.3 Å². The summed E-state index contributed by atoms with van der Waals surface area (Å²) < 4.78 is 8.33. The van der Waals surface area contributed by atoms with Crippen molar-refractivity contribution in [2.45, 2.75) is 27.4 Å². The van der Waals surface area contributed by atoms with Crippen LogP contribution in [0.25, 0.3) is 33.8 Å². The smallest absolute Gasteiger partial charge is 0.317 e. The number of ether oxygens (including phenoxy) is 1. The molecule has 5 aromatic rings. The molecule has 3 aromatic heterocycles. The molecule has 3 heterocycles. The third kappa shape index (κ3) is 4.80. The SMILES string of the molecule is CC(=O)NN(C(C)=O)C(=O)c1nnc2c(-c3cc(COC(C)=O)n(-c4ccccc4)n3)nc3ccccc3n12. The van der Waals surface area contributed by atoms with Gasteiger partial charge in [0.1, 0.15) is 18.0 Å². The maximum Gasteiger partial charge on any atom is 0.317 e. The highest BCUT2D eigenvalue weighted by atomic mass is 16.5. The Morgan fingerprint density at radius 2 is 1.67 bits per heavy atom. The Morgan fingerprint density at radius 1 is 0.949 bits per heavy atom. The molecule has 0 unspecified atom stereocenters. The number of aromatic nitrogens is 6. The van der Waals surface area contributed by atoms with E-state index < -0.39 is 23.7 Å². The molecule has 0 aliphatic carbocycles. The number of carbonyl (C=O) groups excluding carboxylic acids is 4. The van der Waals surface area contributed by atoms with E-state index in [4.69, 9.17) is 14.8 Å². The zero-order valence-electron chi connectivity index (χ0n) is 21.2. The van der Waals surface area contributed by atoms with Gasteiger partial charge in [0, 0.05) is 20.8 Å². The molecule has 39 heavy (non-hydrogen) atoms. The van der Waals surface area contributed by atoms with Crippen LogP contribution in [0, 0.1) is 0 Å². The molecule has 13 heteroatoms. The van der Waals surface area contributed by atoms with E-state index >= 15 is 0 Å². The zero-order valence-corrected chi connectivity index (χ0v) is 21.2. The number of nitrogens with one attached hydrogen (secondary N) is 1. The Bertz CT molecular complexity index is 1760. The van der Waals surface area contributed by atoms with E-state index in [1.54, 1.807) is 35.0 Å². The molecule has 5 rings (SSSR count). The number of rotatable bonds is 5. The fourth-order valence-electron chi connectivity index (χ4n) is 4.03. The lowest BCUT2D eigenvalue weighted by atomic mass is 10.2. The summed E-state index contributed by atoms with van der Waals surface area (Å²) in [4.78, 5) is 53.4. The summed E-state index contributed by atoms with van der Waals surface area (Å²) in [6.07, 6.45) is 0. The van der Waals surface area contributed by atoms with Gasteiger partial charge in [-0.3, -0.25) is 29.0 Å². The van der Waals surface area contributed by atoms with Crippen molar-refractivity contribution in [1.29, 1.82) is 0 Å². The number of hydrogen-bond donors (Lipinski definition) is 1. The minimum absolute atomic E-state index is 0.0399. The Balaban J connectivity index is 1.72. The van der Waals surface area contributed by atoms with Crippen LogP contribution in [0.2, 0.25) is 0 Å². The van der Waals surface area contributed by atoms with Crippen molar-refractivity contribution in [3.8, 4) is 17.1 Å². The maximum atomic E-state index is 13.4. The van der Waals surface area contributed by atoms with Gasteiger partial charge in [-0.15, -0.1) is 10.2 Å². The molecule has 0 saturated heterocycles. The number of hydrazine groups is 1. The lowest BCUT2D eigenvalue weighted by Gasteiger charge is -2.18. The number of esters is 1. The molecule has 0 aliphatic rings. The Kier molecular flexibility index (Phi) is 6.54. The van der Waals surface area contributed by atoms with Crippen LogP contribution in [-0.2, 0) is 25.7 Å². The largest absolute Gasteiger partial charge is 0.459 e. The molecule has 196 valence electrons. The molecular formula is C26H22N8O5. The molecule has 1 N–H and O–H groups in total. The van der Waals surface area contributed by atoms with Gasteiger partial charge in [0.2, 0.25) is 17.6 Å². The summed E-state index contributed by atoms with van der Waals surface area (Å²) in [6, 6.07) is 18.0. The average Bonchev–Trinajstić information content (AvgIpc) is 3.55. The second kappa shape index (κ2) is 10.1. The Morgan fingerprint density at radius 3 is 2.36 bits per heavy atom. The topological polar surface area (TPSA) is 154 Å². The van der Waals surface area contributed by atoms with Crippen LogP contribution < -0.4 is 5.43 Å². The molecule has 13 nitrogen and oxygen atoms in total. The number of para-hydroxylation sites is 3. The summed E-state index contributed by atoms with van der Waals surface area (Å²) in [5.41, 5.74) is 5.40. The second-order valence-corrected chi connectivity index (χ2v) is 8.51. The van der Waals surface area contributed by atoms with Crippen LogP contribution in [0.15, 0.2) is 60.7 Å². The molecule has 0 radical (unpaired) electrons. The summed E-state index contributed by atoms with van der Waals surface area (Å²) in [5.74, 6) is -2.85. The van der Waals surface area contributed by atoms with Crippen molar-refractivity contribution in [3.63, 3.8) is 0 Å². The fraction of sp³-hybridized carbons (Fsp3) is 0.154. The van der Waals surface area contributed by atoms with Crippen molar-refractivity contribution >= 4 is 40.4 Å². The highest BCUT2D eigenvalue weighted by Crippen LogP contribution is 2.28. The van der Waals surface area contributed by atoms with Crippen molar-refractivity contribution in [1.82, 2.24) is 39.8 Å². The van der Waals surface area contributed by atoms with Gasteiger partial charge in [-0.2, -0.15) is 10.1 Å². The number of hydrogen-bond acceptors (Lipinski definition) is 9. The first-order valence-electron chi connectivity index (χ1n) is 11.8. The van der Waals surface area contributed by atoms with Gasteiger partial charge >= 0.3 is 11.9 Å². The number of benzene rings is 2. The number of carbonyl (C=O) groups is 4. The van der Waals surface area contributed by atoms with Gasteiger partial charge in [0.25, 0.3) is 0 Å². The summed E-state index contributed by atoms with van der Waals surface area (Å²) >= 11 is 0. The van der Waals surface area contributed by atoms with Gasteiger partial charge in [-0.25, -0.2) is 9.67 Å². The quantitative estimate of drug-likeness (QED) is 0.268. The third-order valence-electron chi connectivity index (χ3n) is 5.66. The highest BCUT2D eigenvalue weighted by Gasteiger charge is 2.29. The van der Waals surface area contributed by atoms with E-state index in [2.05, 4.69) is 15.6 Å². The van der Waals surface area contributed by atoms with Crippen LogP contribution >= 0.6 is 0 Å². The highest BCUT2D eigenvalue weighted by molar-refractivity contribution is 6.04. The summed E-state index contributed by atoms with van der Waals surface area (Å²) in [7, 11) is 0. The van der Waals surface area contributed by atoms with Crippen LogP contribution in [0.5, 0.6) is 0 Å². The summed E-state index contributed by atoms with van der Waals surface area (Å²) in [5, 5.41) is 13.6. The number of nitrogens with zero attached hydrogens (tertiary/aromatic N) is 7. The van der Waals surface area contributed by atoms with E-state index in [9.17, 15) is 19.2 Å². The molecular weight excluding hydrogens is 504 g/mol. The monoisotopic (exact) mass is 526 g/mol. The van der Waals surface area contributed by atoms with Crippen molar-refractivity contribution in [2.75, 3.05) is 0 Å². The molecule has 0 atom stereocenters.